The first-order valence-corrected chi connectivity index (χ1v) is 9.86. The summed E-state index contributed by atoms with van der Waals surface area (Å²) in [7, 11) is 0. The number of hydrogen-bond donors (Lipinski definition) is 0. The average Bonchev–Trinajstić information content (AvgIpc) is 3.37. The van der Waals surface area contributed by atoms with E-state index in [-0.39, 0.29) is 5.78 Å². The van der Waals surface area contributed by atoms with Crippen LogP contribution in [-0.2, 0) is 0 Å². The van der Waals surface area contributed by atoms with Crippen LogP contribution in [-0.4, -0.2) is 32.1 Å². The molecule has 6 nitrogen and oxygen atoms in total. The molecule has 0 fully saturated rings. The fourth-order valence-electron chi connectivity index (χ4n) is 3.23. The Morgan fingerprint density at radius 2 is 1.68 bits per heavy atom. The van der Waals surface area contributed by atoms with Crippen molar-refractivity contribution in [1.82, 2.24) is 20.1 Å². The predicted molar refractivity (Wildman–Crippen MR) is 108 cm³/mol. The fourth-order valence-corrected chi connectivity index (χ4v) is 3.79. The van der Waals surface area contributed by atoms with E-state index in [2.05, 4.69) is 10.3 Å². The van der Waals surface area contributed by atoms with E-state index in [1.165, 1.54) is 0 Å². The first kappa shape index (κ1) is 16.7. The van der Waals surface area contributed by atoms with Gasteiger partial charge in [0, 0.05) is 16.5 Å². The van der Waals surface area contributed by atoms with Gasteiger partial charge in [0.2, 0.25) is 0 Å². The molecule has 0 radical (unpaired) electrons. The van der Waals surface area contributed by atoms with Crippen LogP contribution in [0.15, 0.2) is 76.4 Å². The number of carbonyl (C=O) groups is 1. The van der Waals surface area contributed by atoms with Crippen molar-refractivity contribution in [3.05, 3.63) is 77.9 Å². The van der Waals surface area contributed by atoms with E-state index in [0.717, 1.165) is 21.6 Å². The smallest absolute Gasteiger partial charge is 0.193 e. The Kier molecular flexibility index (Phi) is 3.95. The lowest BCUT2D eigenvalue weighted by molar-refractivity contribution is 0.103. The molecule has 0 aliphatic carbocycles. The Morgan fingerprint density at radius 1 is 0.929 bits per heavy atom. The van der Waals surface area contributed by atoms with Crippen molar-refractivity contribution in [2.24, 2.45) is 0 Å². The molecule has 0 N–H and O–H groups in total. The molecule has 2 aromatic heterocycles. The average molecular weight is 386 g/mol. The molecule has 0 atom stereocenters. The highest BCUT2D eigenvalue weighted by Crippen LogP contribution is 2.29. The lowest BCUT2D eigenvalue weighted by Gasteiger charge is -2.05. The second-order valence-corrected chi connectivity index (χ2v) is 7.08. The summed E-state index contributed by atoms with van der Waals surface area (Å²) in [4.78, 5) is 13.1. The first-order chi connectivity index (χ1) is 13.7. The lowest BCUT2D eigenvalue weighted by Crippen LogP contribution is -2.02. The van der Waals surface area contributed by atoms with Gasteiger partial charge < -0.3 is 0 Å². The molecule has 0 unspecified atom stereocenters. The summed E-state index contributed by atoms with van der Waals surface area (Å²) >= 11 is 1.58. The van der Waals surface area contributed by atoms with Crippen molar-refractivity contribution >= 4 is 39.5 Å². The topological polar surface area (TPSA) is 73.8 Å². The number of aromatic nitrogens is 4. The second kappa shape index (κ2) is 6.61. The summed E-state index contributed by atoms with van der Waals surface area (Å²) in [5.74, 6) is -0.0849. The third-order valence-corrected chi connectivity index (χ3v) is 5.31. The van der Waals surface area contributed by atoms with Crippen molar-refractivity contribution in [3.63, 3.8) is 0 Å². The van der Waals surface area contributed by atoms with Gasteiger partial charge in [-0.05, 0) is 59.0 Å². The highest BCUT2D eigenvalue weighted by Gasteiger charge is 2.16. The minimum absolute atomic E-state index is 0.0849. The fraction of sp³-hybridized carbons (Fsp3) is 0.0476. The maximum Gasteiger partial charge on any atom is 0.193 e. The number of para-hydroxylation sites is 1. The van der Waals surface area contributed by atoms with Gasteiger partial charge in [0.05, 0.1) is 11.2 Å². The number of fused-ring (bicyclic) bond motifs is 2. The zero-order chi connectivity index (χ0) is 19.1. The molecule has 0 amide bonds. The van der Waals surface area contributed by atoms with Crippen LogP contribution in [0.3, 0.4) is 0 Å². The summed E-state index contributed by atoms with van der Waals surface area (Å²) in [5, 5.41) is 14.3. The van der Waals surface area contributed by atoms with Crippen LogP contribution in [0.25, 0.3) is 27.6 Å². The van der Waals surface area contributed by atoms with E-state index in [9.17, 15) is 4.79 Å². The van der Waals surface area contributed by atoms with Gasteiger partial charge in [0.1, 0.15) is 16.1 Å². The Labute approximate surface area is 164 Å². The van der Waals surface area contributed by atoms with Gasteiger partial charge in [-0.2, -0.15) is 5.10 Å². The molecular weight excluding hydrogens is 372 g/mol. The van der Waals surface area contributed by atoms with E-state index in [0.29, 0.717) is 22.2 Å². The van der Waals surface area contributed by atoms with Gasteiger partial charge in [0.15, 0.2) is 5.78 Å². The Bertz CT molecular complexity index is 1320. The Hall–Kier alpha value is -3.45. The normalized spacial score (nSPS) is 11.3. The molecule has 0 bridgehead atoms. The number of ketones is 1. The van der Waals surface area contributed by atoms with Gasteiger partial charge in [0.25, 0.3) is 0 Å². The molecule has 0 saturated carbocycles. The maximum absolute atomic E-state index is 13.1. The maximum atomic E-state index is 13.1. The number of thioether (sulfide) groups is 1. The van der Waals surface area contributed by atoms with E-state index in [4.69, 9.17) is 9.73 Å². The summed E-state index contributed by atoms with van der Waals surface area (Å²) in [6.07, 6.45) is 2.00. The van der Waals surface area contributed by atoms with Gasteiger partial charge in [-0.3, -0.25) is 4.79 Å². The van der Waals surface area contributed by atoms with Crippen LogP contribution in [0, 0.1) is 0 Å². The predicted octanol–water partition coefficient (Wildman–Crippen LogP) is 4.51. The van der Waals surface area contributed by atoms with Crippen LogP contribution in [0.1, 0.15) is 15.9 Å². The lowest BCUT2D eigenvalue weighted by atomic mass is 10.0. The van der Waals surface area contributed by atoms with Crippen LogP contribution in [0.4, 0.5) is 0 Å². The summed E-state index contributed by atoms with van der Waals surface area (Å²) < 4.78 is 6.60. The van der Waals surface area contributed by atoms with E-state index >= 15 is 0 Å². The summed E-state index contributed by atoms with van der Waals surface area (Å²) in [6, 6.07) is 20.8. The number of rotatable bonds is 4. The number of carbonyl (C=O) groups excluding carboxylic acids is 1. The zero-order valence-corrected chi connectivity index (χ0v) is 15.7. The largest absolute Gasteiger partial charge is 0.289 e. The highest BCUT2D eigenvalue weighted by molar-refractivity contribution is 7.98. The zero-order valence-electron chi connectivity index (χ0n) is 14.9. The minimum atomic E-state index is -0.0849. The highest BCUT2D eigenvalue weighted by atomic mass is 32.2. The number of hydrogen-bond acceptors (Lipinski definition) is 6. The third-order valence-electron chi connectivity index (χ3n) is 4.62. The molecule has 3 aromatic carbocycles. The van der Waals surface area contributed by atoms with Crippen LogP contribution < -0.4 is 0 Å². The standard InChI is InChI=1S/C21H14N4O2S/c1-28-21-16-9-7-14(12-19(16)25(22-21)15-5-3-2-4-6-15)20(26)13-8-10-17-18(11-13)24-27-23-17/h2-12H,1H3. The summed E-state index contributed by atoms with van der Waals surface area (Å²) in [6.45, 7) is 0. The number of nitrogens with zero attached hydrogens (tertiary/aromatic N) is 4. The van der Waals surface area contributed by atoms with E-state index in [1.807, 2.05) is 59.5 Å². The van der Waals surface area contributed by atoms with Crippen LogP contribution in [0.5, 0.6) is 0 Å². The Morgan fingerprint density at radius 3 is 2.50 bits per heavy atom. The minimum Gasteiger partial charge on any atom is -0.289 e. The molecule has 0 saturated heterocycles. The van der Waals surface area contributed by atoms with E-state index in [1.54, 1.807) is 30.0 Å². The molecule has 28 heavy (non-hydrogen) atoms. The van der Waals surface area contributed by atoms with Crippen LogP contribution in [0.2, 0.25) is 0 Å². The van der Waals surface area contributed by atoms with Crippen molar-refractivity contribution in [2.45, 2.75) is 5.03 Å². The third kappa shape index (κ3) is 2.68. The van der Waals surface area contributed by atoms with Crippen molar-refractivity contribution in [3.8, 4) is 5.69 Å². The van der Waals surface area contributed by atoms with Crippen molar-refractivity contribution in [1.29, 1.82) is 0 Å². The molecule has 5 rings (SSSR count). The van der Waals surface area contributed by atoms with Crippen molar-refractivity contribution < 1.29 is 9.42 Å². The van der Waals surface area contributed by atoms with Crippen molar-refractivity contribution in [2.75, 3.05) is 6.26 Å². The monoisotopic (exact) mass is 386 g/mol. The molecule has 136 valence electrons. The molecule has 7 heteroatoms. The quantitative estimate of drug-likeness (QED) is 0.334. The SMILES string of the molecule is CSc1nn(-c2ccccc2)c2cc(C(=O)c3ccc4nonc4c3)ccc12. The summed E-state index contributed by atoms with van der Waals surface area (Å²) in [5.41, 5.74) is 4.16. The Balaban J connectivity index is 1.65. The molecule has 0 aliphatic rings. The van der Waals surface area contributed by atoms with E-state index < -0.39 is 0 Å². The number of benzene rings is 3. The molecule has 0 spiro atoms. The van der Waals surface area contributed by atoms with Gasteiger partial charge >= 0.3 is 0 Å². The first-order valence-electron chi connectivity index (χ1n) is 8.64. The second-order valence-electron chi connectivity index (χ2n) is 6.29. The molecule has 5 aromatic rings. The van der Waals surface area contributed by atoms with Crippen LogP contribution >= 0.6 is 11.8 Å². The molecule has 2 heterocycles. The van der Waals surface area contributed by atoms with Gasteiger partial charge in [-0.25, -0.2) is 9.31 Å². The molecular formula is C21H14N4O2S. The van der Waals surface area contributed by atoms with Gasteiger partial charge in [-0.15, -0.1) is 11.8 Å². The molecule has 0 aliphatic heterocycles. The van der Waals surface area contributed by atoms with Gasteiger partial charge in [-0.1, -0.05) is 24.3 Å².